The summed E-state index contributed by atoms with van der Waals surface area (Å²) >= 11 is 0. The number of carbonyl (C=O) groups excluding carboxylic acids is 2. The number of aromatic nitrogens is 4. The second-order valence-electron chi connectivity index (χ2n) is 6.66. The monoisotopic (exact) mass is 377 g/mol. The molecule has 7 nitrogen and oxygen atoms in total. The van der Waals surface area contributed by atoms with Crippen LogP contribution in [-0.2, 0) is 11.2 Å². The summed E-state index contributed by atoms with van der Waals surface area (Å²) in [4.78, 5) is 24.6. The van der Waals surface area contributed by atoms with E-state index >= 15 is 0 Å². The molecule has 0 saturated heterocycles. The molecule has 0 spiro atoms. The number of anilines is 1. The zero-order chi connectivity index (χ0) is 20.1. The number of nitrogens with one attached hydrogen (secondary N) is 1. The van der Waals surface area contributed by atoms with Crippen molar-refractivity contribution in [1.29, 1.82) is 0 Å². The summed E-state index contributed by atoms with van der Waals surface area (Å²) in [5, 5.41) is 14.4. The van der Waals surface area contributed by atoms with Crippen molar-refractivity contribution < 1.29 is 9.59 Å². The third-order valence-electron chi connectivity index (χ3n) is 4.61. The summed E-state index contributed by atoms with van der Waals surface area (Å²) in [6, 6.07) is 13.1. The Bertz CT molecular complexity index is 992. The minimum absolute atomic E-state index is 0.0355. The second-order valence-corrected chi connectivity index (χ2v) is 6.66. The highest BCUT2D eigenvalue weighted by Crippen LogP contribution is 2.20. The van der Waals surface area contributed by atoms with Crippen LogP contribution < -0.4 is 5.32 Å². The molecule has 144 valence electrons. The van der Waals surface area contributed by atoms with Crippen LogP contribution in [0.4, 0.5) is 5.69 Å². The van der Waals surface area contributed by atoms with E-state index in [1.807, 2.05) is 56.3 Å². The van der Waals surface area contributed by atoms with E-state index in [1.54, 1.807) is 4.68 Å². The molecule has 7 heteroatoms. The highest BCUT2D eigenvalue weighted by Gasteiger charge is 2.12. The molecule has 1 amide bonds. The maximum Gasteiger partial charge on any atom is 0.224 e. The molecule has 3 rings (SSSR count). The van der Waals surface area contributed by atoms with Crippen LogP contribution in [0, 0.1) is 13.8 Å². The van der Waals surface area contributed by atoms with Gasteiger partial charge in [-0.1, -0.05) is 37.3 Å². The third kappa shape index (κ3) is 4.49. The van der Waals surface area contributed by atoms with Crippen molar-refractivity contribution in [2.24, 2.45) is 0 Å². The molecule has 0 radical (unpaired) electrons. The Hall–Kier alpha value is -3.35. The summed E-state index contributed by atoms with van der Waals surface area (Å²) in [7, 11) is 0. The number of tetrazole rings is 1. The summed E-state index contributed by atoms with van der Waals surface area (Å²) in [5.41, 5.74) is 4.24. The standard InChI is InChI=1S/C21H23N5O2/c1-4-16-6-8-17(9-7-16)20(27)11-12-21(28)22-18-10-5-14(2)19(13-18)26-15(3)23-24-25-26/h5-10,13H,4,11-12H2,1-3H3,(H,22,28). The molecule has 28 heavy (non-hydrogen) atoms. The van der Waals surface area contributed by atoms with Crippen molar-refractivity contribution in [3.8, 4) is 5.69 Å². The average Bonchev–Trinajstić information content (AvgIpc) is 3.13. The fourth-order valence-electron chi connectivity index (χ4n) is 2.89. The lowest BCUT2D eigenvalue weighted by Gasteiger charge is -2.10. The number of hydrogen-bond acceptors (Lipinski definition) is 5. The van der Waals surface area contributed by atoms with Crippen LogP contribution in [0.5, 0.6) is 0 Å². The van der Waals surface area contributed by atoms with Gasteiger partial charge in [0.05, 0.1) is 5.69 Å². The van der Waals surface area contributed by atoms with Gasteiger partial charge in [-0.15, -0.1) is 5.10 Å². The molecule has 0 unspecified atom stereocenters. The zero-order valence-electron chi connectivity index (χ0n) is 16.3. The first kappa shape index (κ1) is 19.4. The fraction of sp³-hybridized carbons (Fsp3) is 0.286. The summed E-state index contributed by atoms with van der Waals surface area (Å²) < 4.78 is 1.62. The maximum atomic E-state index is 12.3. The Kier molecular flexibility index (Phi) is 5.93. The topological polar surface area (TPSA) is 89.8 Å². The molecule has 0 fully saturated rings. The zero-order valence-corrected chi connectivity index (χ0v) is 16.3. The van der Waals surface area contributed by atoms with Gasteiger partial charge >= 0.3 is 0 Å². The van der Waals surface area contributed by atoms with E-state index in [0.717, 1.165) is 17.7 Å². The fourth-order valence-corrected chi connectivity index (χ4v) is 2.89. The predicted octanol–water partition coefficient (Wildman–Crippen LogP) is 3.44. The van der Waals surface area contributed by atoms with E-state index in [4.69, 9.17) is 0 Å². The minimum atomic E-state index is -0.207. The molecular weight excluding hydrogens is 354 g/mol. The van der Waals surface area contributed by atoms with Crippen LogP contribution in [0.15, 0.2) is 42.5 Å². The number of hydrogen-bond donors (Lipinski definition) is 1. The van der Waals surface area contributed by atoms with Gasteiger partial charge in [-0.2, -0.15) is 4.68 Å². The molecule has 0 aliphatic rings. The first-order valence-corrected chi connectivity index (χ1v) is 9.26. The van der Waals surface area contributed by atoms with E-state index in [9.17, 15) is 9.59 Å². The molecule has 1 aromatic heterocycles. The van der Waals surface area contributed by atoms with Crippen LogP contribution >= 0.6 is 0 Å². The Morgan fingerprint density at radius 2 is 1.79 bits per heavy atom. The SMILES string of the molecule is CCc1ccc(C(=O)CCC(=O)Nc2ccc(C)c(-n3nnnc3C)c2)cc1. The van der Waals surface area contributed by atoms with Gasteiger partial charge in [0.15, 0.2) is 11.6 Å². The number of Topliss-reactive ketones (excluding diaryl/α,β-unsaturated/α-hetero) is 1. The molecular formula is C21H23N5O2. The molecule has 0 atom stereocenters. The number of rotatable bonds is 7. The van der Waals surface area contributed by atoms with Gasteiger partial charge < -0.3 is 5.32 Å². The molecule has 3 aromatic rings. The van der Waals surface area contributed by atoms with E-state index in [-0.39, 0.29) is 24.5 Å². The summed E-state index contributed by atoms with van der Waals surface area (Å²) in [5.74, 6) is 0.416. The van der Waals surface area contributed by atoms with E-state index in [1.165, 1.54) is 5.56 Å². The molecule has 2 aromatic carbocycles. The first-order chi connectivity index (χ1) is 13.5. The van der Waals surface area contributed by atoms with Crippen molar-refractivity contribution >= 4 is 17.4 Å². The van der Waals surface area contributed by atoms with Crippen LogP contribution in [0.3, 0.4) is 0 Å². The number of ketones is 1. The third-order valence-corrected chi connectivity index (χ3v) is 4.61. The largest absolute Gasteiger partial charge is 0.326 e. The Morgan fingerprint density at radius 1 is 1.04 bits per heavy atom. The van der Waals surface area contributed by atoms with E-state index in [0.29, 0.717) is 17.1 Å². The second kappa shape index (κ2) is 8.56. The predicted molar refractivity (Wildman–Crippen MR) is 107 cm³/mol. The van der Waals surface area contributed by atoms with Crippen LogP contribution in [0.1, 0.15) is 47.1 Å². The molecule has 0 bridgehead atoms. The minimum Gasteiger partial charge on any atom is -0.326 e. The molecule has 0 aliphatic heterocycles. The van der Waals surface area contributed by atoms with Crippen molar-refractivity contribution in [3.05, 3.63) is 65.0 Å². The van der Waals surface area contributed by atoms with Gasteiger partial charge in [0.25, 0.3) is 0 Å². The van der Waals surface area contributed by atoms with Gasteiger partial charge in [-0.25, -0.2) is 0 Å². The number of nitrogens with zero attached hydrogens (tertiary/aromatic N) is 4. The summed E-state index contributed by atoms with van der Waals surface area (Å²) in [6.07, 6.45) is 1.23. The highest BCUT2D eigenvalue weighted by molar-refractivity contribution is 6.00. The smallest absolute Gasteiger partial charge is 0.224 e. The maximum absolute atomic E-state index is 12.3. The molecule has 0 aliphatic carbocycles. The number of benzene rings is 2. The van der Waals surface area contributed by atoms with Gasteiger partial charge in [0, 0.05) is 24.1 Å². The van der Waals surface area contributed by atoms with Gasteiger partial charge in [-0.05, 0) is 54.0 Å². The highest BCUT2D eigenvalue weighted by atomic mass is 16.2. The lowest BCUT2D eigenvalue weighted by molar-refractivity contribution is -0.116. The average molecular weight is 377 g/mol. The molecule has 0 saturated carbocycles. The van der Waals surface area contributed by atoms with Gasteiger partial charge in [0.2, 0.25) is 5.91 Å². The van der Waals surface area contributed by atoms with Gasteiger partial charge in [-0.3, -0.25) is 9.59 Å². The summed E-state index contributed by atoms with van der Waals surface area (Å²) in [6.45, 7) is 5.83. The lowest BCUT2D eigenvalue weighted by atomic mass is 10.0. The quantitative estimate of drug-likeness (QED) is 0.637. The molecule has 1 heterocycles. The van der Waals surface area contributed by atoms with Crippen molar-refractivity contribution in [1.82, 2.24) is 20.2 Å². The van der Waals surface area contributed by atoms with Gasteiger partial charge in [0.1, 0.15) is 0 Å². The van der Waals surface area contributed by atoms with E-state index in [2.05, 4.69) is 27.8 Å². The Labute approximate surface area is 163 Å². The Morgan fingerprint density at radius 3 is 2.43 bits per heavy atom. The van der Waals surface area contributed by atoms with Crippen molar-refractivity contribution in [3.63, 3.8) is 0 Å². The molecule has 1 N–H and O–H groups in total. The number of carbonyl (C=O) groups is 2. The van der Waals surface area contributed by atoms with Crippen molar-refractivity contribution in [2.45, 2.75) is 40.0 Å². The normalized spacial score (nSPS) is 10.7. The first-order valence-electron chi connectivity index (χ1n) is 9.26. The van der Waals surface area contributed by atoms with Crippen LogP contribution in [0.25, 0.3) is 5.69 Å². The van der Waals surface area contributed by atoms with Crippen LogP contribution in [-0.4, -0.2) is 31.9 Å². The van der Waals surface area contributed by atoms with Crippen molar-refractivity contribution in [2.75, 3.05) is 5.32 Å². The lowest BCUT2D eigenvalue weighted by Crippen LogP contribution is -2.14. The number of amides is 1. The number of aryl methyl sites for hydroxylation is 3. The van der Waals surface area contributed by atoms with E-state index < -0.39 is 0 Å². The van der Waals surface area contributed by atoms with Crippen LogP contribution in [0.2, 0.25) is 0 Å². The Balaban J connectivity index is 1.62.